The van der Waals surface area contributed by atoms with Gasteiger partial charge in [-0.1, -0.05) is 6.92 Å². The molecule has 0 aliphatic carbocycles. The van der Waals surface area contributed by atoms with Gasteiger partial charge in [-0.2, -0.15) is 0 Å². The molecule has 0 radical (unpaired) electrons. The van der Waals surface area contributed by atoms with E-state index in [4.69, 9.17) is 5.11 Å². The lowest BCUT2D eigenvalue weighted by Crippen LogP contribution is -2.33. The Morgan fingerprint density at radius 1 is 1.71 bits per heavy atom. The molecule has 2 aliphatic rings. The SMILES string of the molecule is CCc1cc(C(=O)O)nc2c1N1CC[C@@H](C1)N2. The fourth-order valence-electron chi connectivity index (χ4n) is 2.70. The summed E-state index contributed by atoms with van der Waals surface area (Å²) in [7, 11) is 0. The van der Waals surface area contributed by atoms with Crippen LogP contribution >= 0.6 is 0 Å². The Labute approximate surface area is 99.5 Å². The molecule has 1 atom stereocenters. The second-order valence-electron chi connectivity index (χ2n) is 4.60. The quantitative estimate of drug-likeness (QED) is 0.807. The van der Waals surface area contributed by atoms with Crippen LogP contribution in [-0.2, 0) is 6.42 Å². The van der Waals surface area contributed by atoms with Crippen molar-refractivity contribution in [1.82, 2.24) is 4.98 Å². The highest BCUT2D eigenvalue weighted by atomic mass is 16.4. The van der Waals surface area contributed by atoms with Crippen molar-refractivity contribution >= 4 is 17.5 Å². The zero-order valence-corrected chi connectivity index (χ0v) is 9.73. The number of hydrogen-bond donors (Lipinski definition) is 2. The Balaban J connectivity index is 2.15. The van der Waals surface area contributed by atoms with Gasteiger partial charge in [0.05, 0.1) is 5.69 Å². The number of aryl methyl sites for hydroxylation is 1. The van der Waals surface area contributed by atoms with Crippen LogP contribution in [0.4, 0.5) is 11.5 Å². The van der Waals surface area contributed by atoms with Crippen LogP contribution in [0, 0.1) is 0 Å². The molecule has 3 heterocycles. The molecular weight excluding hydrogens is 218 g/mol. The molecule has 1 aromatic heterocycles. The number of hydrogen-bond acceptors (Lipinski definition) is 4. The maximum atomic E-state index is 11.0. The van der Waals surface area contributed by atoms with Crippen LogP contribution in [0.2, 0.25) is 0 Å². The largest absolute Gasteiger partial charge is 0.477 e. The number of fused-ring (bicyclic) bond motifs is 4. The normalized spacial score (nSPS) is 21.0. The van der Waals surface area contributed by atoms with E-state index in [2.05, 4.69) is 15.2 Å². The second kappa shape index (κ2) is 3.61. The zero-order chi connectivity index (χ0) is 12.0. The zero-order valence-electron chi connectivity index (χ0n) is 9.73. The van der Waals surface area contributed by atoms with E-state index in [0.717, 1.165) is 43.0 Å². The molecule has 1 saturated heterocycles. The van der Waals surface area contributed by atoms with Crippen molar-refractivity contribution in [3.05, 3.63) is 17.3 Å². The number of nitrogens with zero attached hydrogens (tertiary/aromatic N) is 2. The number of nitrogens with one attached hydrogen (secondary N) is 1. The lowest BCUT2D eigenvalue weighted by atomic mass is 10.1. The van der Waals surface area contributed by atoms with Gasteiger partial charge in [-0.3, -0.25) is 0 Å². The summed E-state index contributed by atoms with van der Waals surface area (Å²) in [6, 6.07) is 2.12. The van der Waals surface area contributed by atoms with E-state index in [9.17, 15) is 4.79 Å². The number of pyridine rings is 1. The van der Waals surface area contributed by atoms with Crippen LogP contribution < -0.4 is 10.2 Å². The van der Waals surface area contributed by atoms with Crippen LogP contribution in [0.5, 0.6) is 0 Å². The number of aromatic carboxylic acids is 1. The summed E-state index contributed by atoms with van der Waals surface area (Å²) in [5, 5.41) is 12.4. The van der Waals surface area contributed by atoms with Gasteiger partial charge < -0.3 is 15.3 Å². The molecular formula is C12H15N3O2. The molecule has 5 heteroatoms. The first-order chi connectivity index (χ1) is 8.19. The standard InChI is InChI=1S/C12H15N3O2/c1-2-7-5-9(12(16)17)14-11-10(7)15-4-3-8(6-15)13-11/h5,8H,2-4,6H2,1H3,(H,13,14)(H,16,17)/t8-/m0/s1. The molecule has 2 bridgehead atoms. The smallest absolute Gasteiger partial charge is 0.354 e. The van der Waals surface area contributed by atoms with Gasteiger partial charge in [0.2, 0.25) is 0 Å². The minimum atomic E-state index is -0.961. The Morgan fingerprint density at radius 3 is 3.24 bits per heavy atom. The van der Waals surface area contributed by atoms with Gasteiger partial charge in [-0.05, 0) is 24.5 Å². The van der Waals surface area contributed by atoms with E-state index in [-0.39, 0.29) is 5.69 Å². The predicted octanol–water partition coefficient (Wildman–Crippen LogP) is 1.35. The third kappa shape index (κ3) is 1.53. The number of carbonyl (C=O) groups is 1. The Kier molecular flexibility index (Phi) is 2.21. The highest BCUT2D eigenvalue weighted by Crippen LogP contribution is 2.37. The van der Waals surface area contributed by atoms with Gasteiger partial charge in [0.1, 0.15) is 0 Å². The monoisotopic (exact) mass is 233 g/mol. The lowest BCUT2D eigenvalue weighted by molar-refractivity contribution is 0.0690. The van der Waals surface area contributed by atoms with E-state index in [0.29, 0.717) is 6.04 Å². The van der Waals surface area contributed by atoms with Crippen molar-refractivity contribution < 1.29 is 9.90 Å². The fourth-order valence-corrected chi connectivity index (χ4v) is 2.70. The molecule has 3 rings (SSSR count). The Bertz CT molecular complexity index is 487. The van der Waals surface area contributed by atoms with E-state index < -0.39 is 5.97 Å². The van der Waals surface area contributed by atoms with E-state index >= 15 is 0 Å². The first-order valence-corrected chi connectivity index (χ1v) is 5.97. The van der Waals surface area contributed by atoms with Crippen LogP contribution in [0.1, 0.15) is 29.4 Å². The molecule has 0 aromatic carbocycles. The Hall–Kier alpha value is -1.78. The number of anilines is 2. The van der Waals surface area contributed by atoms with Crippen LogP contribution in [-0.4, -0.2) is 35.2 Å². The molecule has 17 heavy (non-hydrogen) atoms. The van der Waals surface area contributed by atoms with Gasteiger partial charge in [0.15, 0.2) is 11.5 Å². The summed E-state index contributed by atoms with van der Waals surface area (Å²) in [5.41, 5.74) is 2.31. The average Bonchev–Trinajstić information content (AvgIpc) is 2.70. The van der Waals surface area contributed by atoms with Crippen molar-refractivity contribution in [1.29, 1.82) is 0 Å². The van der Waals surface area contributed by atoms with Crippen LogP contribution in [0.25, 0.3) is 0 Å². The summed E-state index contributed by atoms with van der Waals surface area (Å²) < 4.78 is 0. The molecule has 0 unspecified atom stereocenters. The topological polar surface area (TPSA) is 65.5 Å². The maximum absolute atomic E-state index is 11.0. The van der Waals surface area contributed by atoms with Gasteiger partial charge in [0.25, 0.3) is 0 Å². The molecule has 5 nitrogen and oxygen atoms in total. The molecule has 0 saturated carbocycles. The first kappa shape index (κ1) is 10.4. The number of carboxylic acid groups (broad SMARTS) is 1. The summed E-state index contributed by atoms with van der Waals surface area (Å²) in [6.45, 7) is 4.09. The highest BCUT2D eigenvalue weighted by Gasteiger charge is 2.32. The fraction of sp³-hybridized carbons (Fsp3) is 0.500. The summed E-state index contributed by atoms with van der Waals surface area (Å²) >= 11 is 0. The van der Waals surface area contributed by atoms with E-state index in [1.54, 1.807) is 6.07 Å². The van der Waals surface area contributed by atoms with Gasteiger partial charge >= 0.3 is 5.97 Å². The lowest BCUT2D eigenvalue weighted by Gasteiger charge is -2.30. The molecule has 2 N–H and O–H groups in total. The van der Waals surface area contributed by atoms with Gasteiger partial charge in [0, 0.05) is 19.1 Å². The average molecular weight is 233 g/mol. The number of aromatic nitrogens is 1. The molecule has 1 aromatic rings. The third-order valence-corrected chi connectivity index (χ3v) is 3.52. The Morgan fingerprint density at radius 2 is 2.53 bits per heavy atom. The van der Waals surface area contributed by atoms with Gasteiger partial charge in [-0.15, -0.1) is 0 Å². The first-order valence-electron chi connectivity index (χ1n) is 5.97. The minimum absolute atomic E-state index is 0.135. The van der Waals surface area contributed by atoms with Crippen molar-refractivity contribution in [2.75, 3.05) is 23.3 Å². The van der Waals surface area contributed by atoms with E-state index in [1.165, 1.54) is 0 Å². The van der Waals surface area contributed by atoms with Crippen molar-refractivity contribution in [2.45, 2.75) is 25.8 Å². The molecule has 1 fully saturated rings. The summed E-state index contributed by atoms with van der Waals surface area (Å²) in [4.78, 5) is 17.6. The van der Waals surface area contributed by atoms with E-state index in [1.807, 2.05) is 6.92 Å². The van der Waals surface area contributed by atoms with Crippen LogP contribution in [0.3, 0.4) is 0 Å². The number of carboxylic acids is 1. The molecule has 0 amide bonds. The van der Waals surface area contributed by atoms with Crippen molar-refractivity contribution in [3.63, 3.8) is 0 Å². The van der Waals surface area contributed by atoms with Crippen LogP contribution in [0.15, 0.2) is 6.07 Å². The summed E-state index contributed by atoms with van der Waals surface area (Å²) in [5.74, 6) is -0.215. The number of rotatable bonds is 2. The molecule has 2 aliphatic heterocycles. The molecule has 0 spiro atoms. The second-order valence-corrected chi connectivity index (χ2v) is 4.60. The van der Waals surface area contributed by atoms with Crippen molar-refractivity contribution in [2.24, 2.45) is 0 Å². The van der Waals surface area contributed by atoms with Crippen molar-refractivity contribution in [3.8, 4) is 0 Å². The molecule has 90 valence electrons. The summed E-state index contributed by atoms with van der Waals surface area (Å²) in [6.07, 6.45) is 1.93. The third-order valence-electron chi connectivity index (χ3n) is 3.52. The highest BCUT2D eigenvalue weighted by molar-refractivity contribution is 5.88. The van der Waals surface area contributed by atoms with Gasteiger partial charge in [-0.25, -0.2) is 9.78 Å². The predicted molar refractivity (Wildman–Crippen MR) is 64.8 cm³/mol. The minimum Gasteiger partial charge on any atom is -0.477 e. The maximum Gasteiger partial charge on any atom is 0.354 e.